The minimum atomic E-state index is -0.632. The number of fused-ring (bicyclic) bond motifs is 1. The minimum absolute atomic E-state index is 0.0300. The van der Waals surface area contributed by atoms with Gasteiger partial charge in [0.15, 0.2) is 0 Å². The van der Waals surface area contributed by atoms with Gasteiger partial charge in [0.1, 0.15) is 5.82 Å². The number of hydrogen-bond donors (Lipinski definition) is 1. The van der Waals surface area contributed by atoms with Gasteiger partial charge in [-0.2, -0.15) is 4.98 Å². The van der Waals surface area contributed by atoms with Crippen LogP contribution in [0.1, 0.15) is 43.4 Å². The Bertz CT molecular complexity index is 733. The third-order valence-electron chi connectivity index (χ3n) is 6.99. The zero-order valence-corrected chi connectivity index (χ0v) is 16.7. The van der Waals surface area contributed by atoms with E-state index in [1.807, 2.05) is 0 Å². The Balaban J connectivity index is 1.65. The van der Waals surface area contributed by atoms with Gasteiger partial charge in [0, 0.05) is 43.5 Å². The van der Waals surface area contributed by atoms with Gasteiger partial charge in [-0.05, 0) is 59.5 Å². The van der Waals surface area contributed by atoms with E-state index in [0.717, 1.165) is 68.6 Å². The Morgan fingerprint density at radius 2 is 1.78 bits per heavy atom. The summed E-state index contributed by atoms with van der Waals surface area (Å²) < 4.78 is 0. The van der Waals surface area contributed by atoms with E-state index in [2.05, 4.69) is 35.6 Å². The summed E-state index contributed by atoms with van der Waals surface area (Å²) in [5.74, 6) is 1.19. The van der Waals surface area contributed by atoms with Crippen LogP contribution in [0, 0.1) is 19.3 Å². The van der Waals surface area contributed by atoms with Crippen molar-refractivity contribution < 1.29 is 9.90 Å². The zero-order valence-electron chi connectivity index (χ0n) is 16.7. The topological polar surface area (TPSA) is 72.8 Å². The van der Waals surface area contributed by atoms with E-state index in [4.69, 9.17) is 9.97 Å². The quantitative estimate of drug-likeness (QED) is 0.869. The van der Waals surface area contributed by atoms with E-state index in [-0.39, 0.29) is 6.04 Å². The predicted octanol–water partition coefficient (Wildman–Crippen LogP) is 2.07. The number of aromatic nitrogens is 2. The molecule has 148 valence electrons. The molecule has 3 fully saturated rings. The van der Waals surface area contributed by atoms with Crippen molar-refractivity contribution in [1.82, 2.24) is 14.9 Å². The SMILES string of the molecule is Cc1nc(N2CCCC2)nc(N2CC[C@@]3(C(=O)O)CCCN(C)[C@@H]3C2)c1C. The lowest BCUT2D eigenvalue weighted by Crippen LogP contribution is -2.63. The van der Waals surface area contributed by atoms with E-state index in [0.29, 0.717) is 6.42 Å². The van der Waals surface area contributed by atoms with Crippen molar-refractivity contribution in [2.75, 3.05) is 49.6 Å². The fourth-order valence-corrected chi connectivity index (χ4v) is 5.14. The van der Waals surface area contributed by atoms with E-state index < -0.39 is 11.4 Å². The lowest BCUT2D eigenvalue weighted by Gasteiger charge is -2.52. The summed E-state index contributed by atoms with van der Waals surface area (Å²) in [6, 6.07) is 0.0300. The molecule has 3 aliphatic heterocycles. The molecule has 4 rings (SSSR count). The molecule has 3 aliphatic rings. The molecule has 2 atom stereocenters. The van der Waals surface area contributed by atoms with Crippen LogP contribution in [0.3, 0.4) is 0 Å². The van der Waals surface area contributed by atoms with Crippen molar-refractivity contribution in [2.45, 2.75) is 52.0 Å². The summed E-state index contributed by atoms with van der Waals surface area (Å²) in [6.45, 7) is 8.62. The molecule has 0 unspecified atom stereocenters. The summed E-state index contributed by atoms with van der Waals surface area (Å²) >= 11 is 0. The maximum absolute atomic E-state index is 12.2. The van der Waals surface area contributed by atoms with Crippen LogP contribution in [0.4, 0.5) is 11.8 Å². The van der Waals surface area contributed by atoms with E-state index >= 15 is 0 Å². The van der Waals surface area contributed by atoms with Gasteiger partial charge in [0.05, 0.1) is 5.41 Å². The van der Waals surface area contributed by atoms with Crippen molar-refractivity contribution in [3.63, 3.8) is 0 Å². The van der Waals surface area contributed by atoms with Crippen LogP contribution >= 0.6 is 0 Å². The Morgan fingerprint density at radius 3 is 2.48 bits per heavy atom. The van der Waals surface area contributed by atoms with Crippen molar-refractivity contribution in [2.24, 2.45) is 5.41 Å². The number of carboxylic acids is 1. The van der Waals surface area contributed by atoms with Gasteiger partial charge in [0.2, 0.25) is 5.95 Å². The number of hydrogen-bond acceptors (Lipinski definition) is 6. The first-order valence-corrected chi connectivity index (χ1v) is 10.2. The summed E-state index contributed by atoms with van der Waals surface area (Å²) in [5, 5.41) is 10.0. The summed E-state index contributed by atoms with van der Waals surface area (Å²) in [7, 11) is 2.07. The average molecular weight is 374 g/mol. The third-order valence-corrected chi connectivity index (χ3v) is 6.99. The van der Waals surface area contributed by atoms with Gasteiger partial charge in [-0.1, -0.05) is 0 Å². The number of aryl methyl sites for hydroxylation is 1. The molecule has 1 N–H and O–H groups in total. The lowest BCUT2D eigenvalue weighted by atomic mass is 9.68. The Kier molecular flexibility index (Phi) is 4.74. The molecule has 1 aromatic heterocycles. The molecule has 0 aliphatic carbocycles. The molecule has 4 heterocycles. The maximum atomic E-state index is 12.2. The average Bonchev–Trinajstić information content (AvgIpc) is 3.18. The number of anilines is 2. The van der Waals surface area contributed by atoms with Crippen molar-refractivity contribution in [1.29, 1.82) is 0 Å². The summed E-state index contributed by atoms with van der Waals surface area (Å²) in [4.78, 5) is 28.7. The molecule has 0 bridgehead atoms. The molecular formula is C20H31N5O2. The fourth-order valence-electron chi connectivity index (χ4n) is 5.14. The smallest absolute Gasteiger partial charge is 0.311 e. The van der Waals surface area contributed by atoms with Crippen molar-refractivity contribution >= 4 is 17.7 Å². The third kappa shape index (κ3) is 3.06. The molecular weight excluding hydrogens is 342 g/mol. The molecule has 27 heavy (non-hydrogen) atoms. The Morgan fingerprint density at radius 1 is 1.04 bits per heavy atom. The number of likely N-dealkylation sites (tertiary alicyclic amines) is 1. The number of nitrogens with zero attached hydrogens (tertiary/aromatic N) is 5. The Hall–Kier alpha value is -1.89. The molecule has 0 spiro atoms. The van der Waals surface area contributed by atoms with Crippen LogP contribution in [-0.4, -0.2) is 71.8 Å². The van der Waals surface area contributed by atoms with Gasteiger partial charge in [-0.25, -0.2) is 4.98 Å². The maximum Gasteiger partial charge on any atom is 0.311 e. The number of carboxylic acid groups (broad SMARTS) is 1. The molecule has 7 heteroatoms. The first-order valence-electron chi connectivity index (χ1n) is 10.2. The number of likely N-dealkylation sites (N-methyl/N-ethyl adjacent to an activating group) is 1. The van der Waals surface area contributed by atoms with Crippen LogP contribution in [0.15, 0.2) is 0 Å². The highest BCUT2D eigenvalue weighted by atomic mass is 16.4. The van der Waals surface area contributed by atoms with Crippen LogP contribution in [0.2, 0.25) is 0 Å². The van der Waals surface area contributed by atoms with Crippen LogP contribution in [0.5, 0.6) is 0 Å². The highest BCUT2D eigenvalue weighted by Gasteiger charge is 2.52. The molecule has 0 radical (unpaired) electrons. The largest absolute Gasteiger partial charge is 0.481 e. The van der Waals surface area contributed by atoms with Gasteiger partial charge in [-0.3, -0.25) is 4.79 Å². The van der Waals surface area contributed by atoms with Crippen LogP contribution < -0.4 is 9.80 Å². The lowest BCUT2D eigenvalue weighted by molar-refractivity contribution is -0.158. The van der Waals surface area contributed by atoms with Crippen molar-refractivity contribution in [3.8, 4) is 0 Å². The Labute approximate surface area is 161 Å². The summed E-state index contributed by atoms with van der Waals surface area (Å²) in [6.07, 6.45) is 4.82. The number of aliphatic carboxylic acids is 1. The van der Waals surface area contributed by atoms with Gasteiger partial charge in [0.25, 0.3) is 0 Å². The molecule has 1 aromatic rings. The van der Waals surface area contributed by atoms with E-state index in [1.54, 1.807) is 0 Å². The number of carbonyl (C=O) groups is 1. The molecule has 3 saturated heterocycles. The monoisotopic (exact) mass is 373 g/mol. The summed E-state index contributed by atoms with van der Waals surface area (Å²) in [5.41, 5.74) is 1.52. The fraction of sp³-hybridized carbons (Fsp3) is 0.750. The normalized spacial score (nSPS) is 29.1. The predicted molar refractivity (Wildman–Crippen MR) is 106 cm³/mol. The van der Waals surface area contributed by atoms with Crippen LogP contribution in [-0.2, 0) is 4.79 Å². The highest BCUT2D eigenvalue weighted by molar-refractivity contribution is 5.76. The van der Waals surface area contributed by atoms with E-state index in [9.17, 15) is 9.90 Å². The molecule has 0 aromatic carbocycles. The number of rotatable bonds is 3. The zero-order chi connectivity index (χ0) is 19.2. The first kappa shape index (κ1) is 18.5. The molecule has 0 saturated carbocycles. The highest BCUT2D eigenvalue weighted by Crippen LogP contribution is 2.43. The minimum Gasteiger partial charge on any atom is -0.481 e. The molecule has 0 amide bonds. The molecule has 7 nitrogen and oxygen atoms in total. The second kappa shape index (κ2) is 6.93. The number of piperidine rings is 2. The van der Waals surface area contributed by atoms with Gasteiger partial charge in [-0.15, -0.1) is 0 Å². The van der Waals surface area contributed by atoms with E-state index in [1.165, 1.54) is 12.8 Å². The standard InChI is InChI=1S/C20H31N5O2/c1-14-15(2)21-19(24-10-4-5-11-24)22-17(14)25-12-8-20(18(26)27)7-6-9-23(3)16(20)13-25/h16H,4-13H2,1-3H3,(H,26,27)/t16-,20+/m1/s1. The van der Waals surface area contributed by atoms with Crippen molar-refractivity contribution in [3.05, 3.63) is 11.3 Å². The first-order chi connectivity index (χ1) is 12.9. The van der Waals surface area contributed by atoms with Gasteiger partial charge < -0.3 is 19.8 Å². The second-order valence-corrected chi connectivity index (χ2v) is 8.51. The van der Waals surface area contributed by atoms with Crippen LogP contribution in [0.25, 0.3) is 0 Å². The van der Waals surface area contributed by atoms with Gasteiger partial charge >= 0.3 is 5.97 Å². The second-order valence-electron chi connectivity index (χ2n) is 8.51.